The van der Waals surface area contributed by atoms with Crippen LogP contribution in [0.15, 0.2) is 54.6 Å². The molecule has 0 bridgehead atoms. The molecule has 11 nitrogen and oxygen atoms in total. The Morgan fingerprint density at radius 3 is 2.27 bits per heavy atom. The first-order valence-electron chi connectivity index (χ1n) is 13.5. The number of amides is 1. The summed E-state index contributed by atoms with van der Waals surface area (Å²) in [5, 5.41) is 14.8. The van der Waals surface area contributed by atoms with Crippen LogP contribution in [0.2, 0.25) is 0 Å². The molecule has 2 N–H and O–H groups in total. The van der Waals surface area contributed by atoms with Crippen molar-refractivity contribution >= 4 is 23.5 Å². The molecule has 1 amide bonds. The predicted molar refractivity (Wildman–Crippen MR) is 146 cm³/mol. The van der Waals surface area contributed by atoms with Gasteiger partial charge in [0.15, 0.2) is 0 Å². The molecule has 0 spiro atoms. The van der Waals surface area contributed by atoms with Crippen LogP contribution >= 0.6 is 0 Å². The molecule has 3 heterocycles. The van der Waals surface area contributed by atoms with Gasteiger partial charge in [0.05, 0.1) is 32.1 Å². The number of methoxy groups -OCH3 is 1. The lowest BCUT2D eigenvalue weighted by Gasteiger charge is -2.38. The Morgan fingerprint density at radius 1 is 0.950 bits per heavy atom. The van der Waals surface area contributed by atoms with E-state index in [4.69, 9.17) is 34.0 Å². The van der Waals surface area contributed by atoms with Crippen LogP contribution < -0.4 is 9.64 Å². The molecule has 40 heavy (non-hydrogen) atoms. The number of piperazine rings is 1. The van der Waals surface area contributed by atoms with Crippen LogP contribution in [0, 0.1) is 0 Å². The maximum Gasteiger partial charge on any atom is 0.414 e. The molecule has 0 unspecified atom stereocenters. The molecule has 11 heteroatoms. The first-order valence-corrected chi connectivity index (χ1v) is 13.5. The number of benzene rings is 2. The molecule has 2 aromatic carbocycles. The van der Waals surface area contributed by atoms with E-state index in [0.29, 0.717) is 19.6 Å². The minimum Gasteiger partial charge on any atom is -0.495 e. The average Bonchev–Trinajstić information content (AvgIpc) is 3.38. The minimum absolute atomic E-state index is 0.0297. The van der Waals surface area contributed by atoms with E-state index in [1.165, 1.54) is 0 Å². The highest BCUT2D eigenvalue weighted by Crippen LogP contribution is 2.36. The molecule has 0 saturated carbocycles. The number of aliphatic carboxylic acids is 2. The molecular weight excluding hydrogens is 518 g/mol. The van der Waals surface area contributed by atoms with Crippen molar-refractivity contribution in [3.63, 3.8) is 0 Å². The van der Waals surface area contributed by atoms with E-state index in [1.807, 2.05) is 47.4 Å². The van der Waals surface area contributed by atoms with Gasteiger partial charge in [-0.3, -0.25) is 9.69 Å². The Bertz CT molecular complexity index is 1140. The number of anilines is 1. The summed E-state index contributed by atoms with van der Waals surface area (Å²) in [6.07, 6.45) is 2.60. The van der Waals surface area contributed by atoms with Gasteiger partial charge in [-0.05, 0) is 25.0 Å². The number of rotatable bonds is 7. The van der Waals surface area contributed by atoms with E-state index in [0.717, 1.165) is 69.1 Å². The van der Waals surface area contributed by atoms with Gasteiger partial charge >= 0.3 is 11.9 Å². The van der Waals surface area contributed by atoms with Crippen LogP contribution in [-0.2, 0) is 29.6 Å². The van der Waals surface area contributed by atoms with Gasteiger partial charge in [-0.1, -0.05) is 42.5 Å². The summed E-state index contributed by atoms with van der Waals surface area (Å²) in [4.78, 5) is 37.5. The molecule has 3 saturated heterocycles. The number of carboxylic acid groups (broad SMARTS) is 2. The van der Waals surface area contributed by atoms with Gasteiger partial charge in [0.1, 0.15) is 5.75 Å². The number of hydrogen-bond donors (Lipinski definition) is 2. The first-order chi connectivity index (χ1) is 19.3. The number of likely N-dealkylation sites (tertiary alicyclic amines) is 1. The van der Waals surface area contributed by atoms with E-state index >= 15 is 0 Å². The van der Waals surface area contributed by atoms with E-state index in [9.17, 15) is 4.79 Å². The standard InChI is InChI=1S/C27H35N3O4.C2H2O4/c1-32-25-12-6-5-11-24(25)29-17-15-28(16-18-29)19-23-20-33-27(34-23,22-9-3-2-4-10-22)21-30-14-8-7-13-26(30)31;3-1(4)2(5)6/h2-6,9-12,23H,7-8,13-21H2,1H3;(H,3,4)(H,5,6)/t23-,27-;/m1./s1. The van der Waals surface area contributed by atoms with Crippen molar-refractivity contribution in [3.8, 4) is 5.75 Å². The first kappa shape index (κ1) is 29.3. The van der Waals surface area contributed by atoms with Crippen molar-refractivity contribution in [1.29, 1.82) is 0 Å². The van der Waals surface area contributed by atoms with Crippen molar-refractivity contribution in [1.82, 2.24) is 9.80 Å². The fourth-order valence-electron chi connectivity index (χ4n) is 5.30. The number of piperidine rings is 1. The topological polar surface area (TPSA) is 129 Å². The summed E-state index contributed by atoms with van der Waals surface area (Å²) in [7, 11) is 1.73. The molecule has 0 aliphatic carbocycles. The Balaban J connectivity index is 0.000000557. The highest BCUT2D eigenvalue weighted by molar-refractivity contribution is 6.27. The quantitative estimate of drug-likeness (QED) is 0.491. The van der Waals surface area contributed by atoms with Gasteiger partial charge in [0.25, 0.3) is 0 Å². The second-order valence-electron chi connectivity index (χ2n) is 10.0. The van der Waals surface area contributed by atoms with Gasteiger partial charge < -0.3 is 34.2 Å². The zero-order valence-electron chi connectivity index (χ0n) is 22.7. The van der Waals surface area contributed by atoms with Crippen LogP contribution in [0.5, 0.6) is 5.75 Å². The van der Waals surface area contributed by atoms with Gasteiger partial charge in [-0.25, -0.2) is 9.59 Å². The molecular formula is C29H37N3O8. The molecule has 2 atom stereocenters. The van der Waals surface area contributed by atoms with Crippen LogP contribution in [-0.4, -0.2) is 103 Å². The molecule has 5 rings (SSSR count). The van der Waals surface area contributed by atoms with Crippen LogP contribution in [0.25, 0.3) is 0 Å². The lowest BCUT2D eigenvalue weighted by atomic mass is 10.0. The molecule has 0 aromatic heterocycles. The highest BCUT2D eigenvalue weighted by atomic mass is 16.7. The normalized spacial score (nSPS) is 23.3. The fraction of sp³-hybridized carbons (Fsp3) is 0.483. The third kappa shape index (κ3) is 7.29. The van der Waals surface area contributed by atoms with Crippen molar-refractivity contribution in [2.24, 2.45) is 0 Å². The Morgan fingerprint density at radius 2 is 1.62 bits per heavy atom. The fourth-order valence-corrected chi connectivity index (χ4v) is 5.30. The maximum absolute atomic E-state index is 12.5. The predicted octanol–water partition coefficient (Wildman–Crippen LogP) is 2.25. The molecule has 3 fully saturated rings. The monoisotopic (exact) mass is 555 g/mol. The zero-order valence-corrected chi connectivity index (χ0v) is 22.7. The lowest BCUT2D eigenvalue weighted by molar-refractivity contribution is -0.195. The third-order valence-electron chi connectivity index (χ3n) is 7.34. The molecule has 0 radical (unpaired) electrons. The summed E-state index contributed by atoms with van der Waals surface area (Å²) >= 11 is 0. The molecule has 3 aliphatic heterocycles. The lowest BCUT2D eigenvalue weighted by Crippen LogP contribution is -2.50. The number of para-hydroxylation sites is 2. The van der Waals surface area contributed by atoms with E-state index in [1.54, 1.807) is 7.11 Å². The third-order valence-corrected chi connectivity index (χ3v) is 7.34. The largest absolute Gasteiger partial charge is 0.495 e. The van der Waals surface area contributed by atoms with Gasteiger partial charge in [0.2, 0.25) is 11.7 Å². The van der Waals surface area contributed by atoms with Gasteiger partial charge in [-0.15, -0.1) is 0 Å². The van der Waals surface area contributed by atoms with E-state index in [-0.39, 0.29) is 12.0 Å². The Hall–Kier alpha value is -3.67. The smallest absolute Gasteiger partial charge is 0.414 e. The summed E-state index contributed by atoms with van der Waals surface area (Å²) in [6.45, 7) is 6.39. The second kappa shape index (κ2) is 13.6. The number of ether oxygens (including phenoxy) is 3. The van der Waals surface area contributed by atoms with Gasteiger partial charge in [0, 0.05) is 51.3 Å². The van der Waals surface area contributed by atoms with E-state index in [2.05, 4.69) is 21.9 Å². The van der Waals surface area contributed by atoms with Crippen molar-refractivity contribution in [2.75, 3.05) is 64.4 Å². The molecule has 3 aliphatic rings. The minimum atomic E-state index is -1.82. The van der Waals surface area contributed by atoms with Crippen molar-refractivity contribution in [2.45, 2.75) is 31.2 Å². The number of carbonyl (C=O) groups excluding carboxylic acids is 1. The number of carboxylic acids is 2. The SMILES string of the molecule is COc1ccccc1N1CCN(C[C@@H]2CO[C@@](CN3CCCCC3=O)(c3ccccc3)O2)CC1.O=C(O)C(=O)O. The number of hydrogen-bond acceptors (Lipinski definition) is 8. The Kier molecular flexibility index (Phi) is 9.97. The summed E-state index contributed by atoms with van der Waals surface area (Å²) in [5.41, 5.74) is 2.14. The Labute approximate surface area is 233 Å². The summed E-state index contributed by atoms with van der Waals surface area (Å²) < 4.78 is 18.6. The van der Waals surface area contributed by atoms with Crippen molar-refractivity contribution < 1.29 is 38.8 Å². The summed E-state index contributed by atoms with van der Waals surface area (Å²) in [6, 6.07) is 18.3. The number of nitrogens with zero attached hydrogens (tertiary/aromatic N) is 3. The van der Waals surface area contributed by atoms with Crippen LogP contribution in [0.3, 0.4) is 0 Å². The highest BCUT2D eigenvalue weighted by Gasteiger charge is 2.46. The molecule has 216 valence electrons. The second-order valence-corrected chi connectivity index (χ2v) is 10.0. The van der Waals surface area contributed by atoms with Crippen LogP contribution in [0.1, 0.15) is 24.8 Å². The van der Waals surface area contributed by atoms with E-state index < -0.39 is 17.7 Å². The molecule has 2 aromatic rings. The zero-order chi connectivity index (χ0) is 28.5. The number of carbonyl (C=O) groups is 3. The van der Waals surface area contributed by atoms with Crippen molar-refractivity contribution in [3.05, 3.63) is 60.2 Å². The summed E-state index contributed by atoms with van der Waals surface area (Å²) in [5.74, 6) is -3.42. The van der Waals surface area contributed by atoms with Gasteiger partial charge in [-0.2, -0.15) is 0 Å². The maximum atomic E-state index is 12.5. The average molecular weight is 556 g/mol. The van der Waals surface area contributed by atoms with Crippen LogP contribution in [0.4, 0.5) is 5.69 Å².